The molecule has 2 saturated carbocycles. The van der Waals surface area contributed by atoms with Crippen molar-refractivity contribution in [3.05, 3.63) is 0 Å². The number of hydrogen-bond donors (Lipinski definition) is 1. The van der Waals surface area contributed by atoms with Gasteiger partial charge in [0.25, 0.3) is 0 Å². The number of piperazine rings is 1. The number of hydrogen-bond acceptors (Lipinski definition) is 2. The second kappa shape index (κ2) is 4.89. The standard InChI is InChI=1S/C15H28N2/c1-13-10-16-15(8-4-5-9-15)12-17(13)11-14-6-2-3-7-14/h13-14,16H,2-12H2,1H3. The van der Waals surface area contributed by atoms with Crippen molar-refractivity contribution in [1.29, 1.82) is 0 Å². The first-order chi connectivity index (χ1) is 8.27. The van der Waals surface area contributed by atoms with E-state index in [1.807, 2.05) is 0 Å². The van der Waals surface area contributed by atoms with Crippen molar-refractivity contribution < 1.29 is 0 Å². The molecule has 1 spiro atoms. The zero-order valence-electron chi connectivity index (χ0n) is 11.4. The molecule has 3 aliphatic rings. The van der Waals surface area contributed by atoms with Gasteiger partial charge in [0.2, 0.25) is 0 Å². The zero-order valence-corrected chi connectivity index (χ0v) is 11.4. The topological polar surface area (TPSA) is 15.3 Å². The highest BCUT2D eigenvalue weighted by Crippen LogP contribution is 2.34. The lowest BCUT2D eigenvalue weighted by Crippen LogP contribution is -2.62. The SMILES string of the molecule is CC1CNC2(CCCC2)CN1CC1CCCC1. The first-order valence-electron chi connectivity index (χ1n) is 7.77. The molecular weight excluding hydrogens is 208 g/mol. The summed E-state index contributed by atoms with van der Waals surface area (Å²) in [6, 6.07) is 0.752. The molecule has 0 aromatic heterocycles. The first-order valence-corrected chi connectivity index (χ1v) is 7.77. The summed E-state index contributed by atoms with van der Waals surface area (Å²) in [6.07, 6.45) is 11.7. The molecule has 1 heterocycles. The van der Waals surface area contributed by atoms with E-state index in [2.05, 4.69) is 17.1 Å². The molecule has 0 aromatic carbocycles. The van der Waals surface area contributed by atoms with Crippen LogP contribution in [-0.2, 0) is 0 Å². The van der Waals surface area contributed by atoms with Crippen molar-refractivity contribution in [1.82, 2.24) is 10.2 Å². The lowest BCUT2D eigenvalue weighted by atomic mass is 9.91. The molecule has 2 heteroatoms. The van der Waals surface area contributed by atoms with Gasteiger partial charge in [-0.1, -0.05) is 25.7 Å². The first kappa shape index (κ1) is 12.0. The second-order valence-electron chi connectivity index (χ2n) is 6.80. The molecule has 17 heavy (non-hydrogen) atoms. The van der Waals surface area contributed by atoms with Gasteiger partial charge in [0, 0.05) is 31.2 Å². The molecule has 98 valence electrons. The largest absolute Gasteiger partial charge is 0.308 e. The Morgan fingerprint density at radius 2 is 1.82 bits per heavy atom. The Morgan fingerprint density at radius 3 is 2.53 bits per heavy atom. The Labute approximate surface area is 106 Å². The van der Waals surface area contributed by atoms with Gasteiger partial charge in [0.05, 0.1) is 0 Å². The van der Waals surface area contributed by atoms with Crippen LogP contribution in [-0.4, -0.2) is 36.1 Å². The predicted octanol–water partition coefficient (Wildman–Crippen LogP) is 2.78. The van der Waals surface area contributed by atoms with Gasteiger partial charge in [0.1, 0.15) is 0 Å². The Morgan fingerprint density at radius 1 is 1.12 bits per heavy atom. The van der Waals surface area contributed by atoms with E-state index >= 15 is 0 Å². The third-order valence-corrected chi connectivity index (χ3v) is 5.43. The summed E-state index contributed by atoms with van der Waals surface area (Å²) in [5, 5.41) is 3.86. The van der Waals surface area contributed by atoms with E-state index in [-0.39, 0.29) is 0 Å². The van der Waals surface area contributed by atoms with Gasteiger partial charge in [-0.25, -0.2) is 0 Å². The molecule has 1 aliphatic heterocycles. The minimum absolute atomic E-state index is 0.505. The predicted molar refractivity (Wildman–Crippen MR) is 72.2 cm³/mol. The average molecular weight is 236 g/mol. The maximum Gasteiger partial charge on any atom is 0.0309 e. The number of rotatable bonds is 2. The normalized spacial score (nSPS) is 34.8. The second-order valence-corrected chi connectivity index (χ2v) is 6.80. The molecule has 3 rings (SSSR count). The van der Waals surface area contributed by atoms with Crippen LogP contribution < -0.4 is 5.32 Å². The van der Waals surface area contributed by atoms with Gasteiger partial charge in [-0.3, -0.25) is 4.90 Å². The van der Waals surface area contributed by atoms with Gasteiger partial charge >= 0.3 is 0 Å². The van der Waals surface area contributed by atoms with Crippen LogP contribution in [0.5, 0.6) is 0 Å². The van der Waals surface area contributed by atoms with Crippen molar-refractivity contribution in [3.63, 3.8) is 0 Å². The third-order valence-electron chi connectivity index (χ3n) is 5.43. The van der Waals surface area contributed by atoms with Crippen LogP contribution in [0.1, 0.15) is 58.3 Å². The summed E-state index contributed by atoms with van der Waals surface area (Å²) in [6.45, 7) is 6.33. The summed E-state index contributed by atoms with van der Waals surface area (Å²) in [7, 11) is 0. The van der Waals surface area contributed by atoms with E-state index < -0.39 is 0 Å². The summed E-state index contributed by atoms with van der Waals surface area (Å²) < 4.78 is 0. The van der Waals surface area contributed by atoms with Gasteiger partial charge in [0.15, 0.2) is 0 Å². The molecule has 0 bridgehead atoms. The van der Waals surface area contributed by atoms with Crippen LogP contribution in [0.25, 0.3) is 0 Å². The summed E-state index contributed by atoms with van der Waals surface area (Å²) >= 11 is 0. The van der Waals surface area contributed by atoms with Crippen LogP contribution in [0.4, 0.5) is 0 Å². The molecule has 1 saturated heterocycles. The Hall–Kier alpha value is -0.0800. The van der Waals surface area contributed by atoms with E-state index in [1.54, 1.807) is 0 Å². The lowest BCUT2D eigenvalue weighted by molar-refractivity contribution is 0.0750. The highest BCUT2D eigenvalue weighted by molar-refractivity contribution is 5.00. The van der Waals surface area contributed by atoms with Crippen molar-refractivity contribution in [2.75, 3.05) is 19.6 Å². The van der Waals surface area contributed by atoms with Crippen LogP contribution in [0.15, 0.2) is 0 Å². The van der Waals surface area contributed by atoms with Crippen LogP contribution in [0.2, 0.25) is 0 Å². The number of nitrogens with one attached hydrogen (secondary N) is 1. The van der Waals surface area contributed by atoms with Gasteiger partial charge in [-0.2, -0.15) is 0 Å². The average Bonchev–Trinajstić information content (AvgIpc) is 2.96. The fraction of sp³-hybridized carbons (Fsp3) is 1.00. The lowest BCUT2D eigenvalue weighted by Gasteiger charge is -2.46. The Kier molecular flexibility index (Phi) is 3.45. The van der Waals surface area contributed by atoms with E-state index in [1.165, 1.54) is 71.0 Å². The summed E-state index contributed by atoms with van der Waals surface area (Å²) in [5.41, 5.74) is 0.505. The highest BCUT2D eigenvalue weighted by Gasteiger charge is 2.40. The summed E-state index contributed by atoms with van der Waals surface area (Å²) in [5.74, 6) is 1.01. The molecule has 0 aromatic rings. The smallest absolute Gasteiger partial charge is 0.0309 e. The quantitative estimate of drug-likeness (QED) is 0.793. The molecular formula is C15H28N2. The maximum absolute atomic E-state index is 3.86. The fourth-order valence-electron chi connectivity index (χ4n) is 4.25. The molecule has 1 N–H and O–H groups in total. The van der Waals surface area contributed by atoms with Crippen molar-refractivity contribution in [2.45, 2.75) is 69.9 Å². The summed E-state index contributed by atoms with van der Waals surface area (Å²) in [4.78, 5) is 2.80. The molecule has 2 aliphatic carbocycles. The Bertz CT molecular complexity index is 252. The molecule has 1 atom stereocenters. The van der Waals surface area contributed by atoms with Crippen LogP contribution >= 0.6 is 0 Å². The molecule has 1 unspecified atom stereocenters. The minimum Gasteiger partial charge on any atom is -0.308 e. The van der Waals surface area contributed by atoms with E-state index in [0.29, 0.717) is 5.54 Å². The minimum atomic E-state index is 0.505. The van der Waals surface area contributed by atoms with E-state index in [9.17, 15) is 0 Å². The molecule has 0 amide bonds. The van der Waals surface area contributed by atoms with Crippen molar-refractivity contribution in [2.24, 2.45) is 5.92 Å². The van der Waals surface area contributed by atoms with Gasteiger partial charge < -0.3 is 5.32 Å². The fourth-order valence-corrected chi connectivity index (χ4v) is 4.25. The monoisotopic (exact) mass is 236 g/mol. The molecule has 2 nitrogen and oxygen atoms in total. The molecule has 0 radical (unpaired) electrons. The highest BCUT2D eigenvalue weighted by atomic mass is 15.3. The Balaban J connectivity index is 1.60. The van der Waals surface area contributed by atoms with E-state index in [0.717, 1.165) is 12.0 Å². The molecule has 3 fully saturated rings. The number of nitrogens with zero attached hydrogens (tertiary/aromatic N) is 1. The zero-order chi connectivity index (χ0) is 11.7. The van der Waals surface area contributed by atoms with Gasteiger partial charge in [-0.15, -0.1) is 0 Å². The van der Waals surface area contributed by atoms with Crippen LogP contribution in [0, 0.1) is 5.92 Å². The van der Waals surface area contributed by atoms with E-state index in [4.69, 9.17) is 0 Å². The van der Waals surface area contributed by atoms with Gasteiger partial charge in [-0.05, 0) is 38.5 Å². The van der Waals surface area contributed by atoms with Crippen LogP contribution in [0.3, 0.4) is 0 Å². The van der Waals surface area contributed by atoms with Crippen molar-refractivity contribution >= 4 is 0 Å². The maximum atomic E-state index is 3.86. The van der Waals surface area contributed by atoms with Crippen molar-refractivity contribution in [3.8, 4) is 0 Å². The third kappa shape index (κ3) is 2.53.